The molecule has 3 rings (SSSR count). The summed E-state index contributed by atoms with van der Waals surface area (Å²) in [5, 5.41) is 22.3. The summed E-state index contributed by atoms with van der Waals surface area (Å²) in [6.45, 7) is 3.07. The number of hydrogen-bond donors (Lipinski definition) is 3. The summed E-state index contributed by atoms with van der Waals surface area (Å²) in [7, 11) is 0. The number of nitrogens with one attached hydrogen (secondary N) is 1. The summed E-state index contributed by atoms with van der Waals surface area (Å²) in [6, 6.07) is 9.95. The molecule has 1 heterocycles. The minimum atomic E-state index is -1.15. The van der Waals surface area contributed by atoms with E-state index in [4.69, 9.17) is 16.7 Å². The molecule has 3 N–H and O–H groups in total. The van der Waals surface area contributed by atoms with Gasteiger partial charge in [0.15, 0.2) is 0 Å². The Morgan fingerprint density at radius 1 is 1.14 bits per heavy atom. The molecular formula is C21H19ClN2O5. The normalized spacial score (nSPS) is 12.0. The molecule has 7 nitrogen and oxygen atoms in total. The van der Waals surface area contributed by atoms with Gasteiger partial charge in [0.2, 0.25) is 5.91 Å². The first-order valence-corrected chi connectivity index (χ1v) is 9.22. The van der Waals surface area contributed by atoms with Crippen molar-refractivity contribution >= 4 is 40.3 Å². The Labute approximate surface area is 171 Å². The molecule has 8 heteroatoms. The van der Waals surface area contributed by atoms with E-state index in [2.05, 4.69) is 5.32 Å². The molecule has 1 atom stereocenters. The number of carboxylic acid groups (broad SMARTS) is 1. The average Bonchev–Trinajstić information content (AvgIpc) is 2.93. The van der Waals surface area contributed by atoms with E-state index in [1.807, 2.05) is 0 Å². The first-order chi connectivity index (χ1) is 13.7. The first kappa shape index (κ1) is 20.4. The second kappa shape index (κ2) is 7.97. The number of halogens is 1. The topological polar surface area (TPSA) is 109 Å². The Morgan fingerprint density at radius 3 is 2.41 bits per heavy atom. The van der Waals surface area contributed by atoms with Crippen molar-refractivity contribution in [2.45, 2.75) is 26.3 Å². The summed E-state index contributed by atoms with van der Waals surface area (Å²) in [6.07, 6.45) is -0.135. The number of carbonyl (C=O) groups excluding carboxylic acids is 2. The number of hydrogen-bond acceptors (Lipinski definition) is 4. The lowest BCUT2D eigenvalue weighted by Crippen LogP contribution is -2.39. The van der Waals surface area contributed by atoms with E-state index >= 15 is 0 Å². The number of carboxylic acids is 1. The van der Waals surface area contributed by atoms with Gasteiger partial charge in [-0.1, -0.05) is 11.6 Å². The summed E-state index contributed by atoms with van der Waals surface area (Å²) in [4.78, 5) is 36.5. The molecule has 1 amide bonds. The highest BCUT2D eigenvalue weighted by Gasteiger charge is 2.23. The van der Waals surface area contributed by atoms with Crippen molar-refractivity contribution in [3.63, 3.8) is 0 Å². The van der Waals surface area contributed by atoms with E-state index in [1.165, 1.54) is 23.6 Å². The SMILES string of the molecule is Cc1c(CC(=O)NC(C)C(=O)O)c2cc(O)ccc2n1C(=O)c1ccc(Cl)cc1. The molecule has 0 spiro atoms. The predicted octanol–water partition coefficient (Wildman–Crippen LogP) is 3.13. The molecule has 29 heavy (non-hydrogen) atoms. The zero-order valence-corrected chi connectivity index (χ0v) is 16.5. The lowest BCUT2D eigenvalue weighted by atomic mass is 10.1. The zero-order valence-electron chi connectivity index (χ0n) is 15.8. The van der Waals surface area contributed by atoms with E-state index in [0.717, 1.165) is 0 Å². The Hall–Kier alpha value is -3.32. The summed E-state index contributed by atoms with van der Waals surface area (Å²) in [5.41, 5.74) is 2.02. The van der Waals surface area contributed by atoms with Crippen molar-refractivity contribution in [3.05, 3.63) is 64.3 Å². The van der Waals surface area contributed by atoms with E-state index in [9.17, 15) is 19.5 Å². The Kier molecular flexibility index (Phi) is 5.61. The van der Waals surface area contributed by atoms with Crippen LogP contribution >= 0.6 is 11.6 Å². The molecule has 0 radical (unpaired) electrons. The van der Waals surface area contributed by atoms with Crippen molar-refractivity contribution in [2.24, 2.45) is 0 Å². The van der Waals surface area contributed by atoms with Crippen molar-refractivity contribution in [1.29, 1.82) is 0 Å². The van der Waals surface area contributed by atoms with Crippen LogP contribution in [-0.4, -0.2) is 38.6 Å². The highest BCUT2D eigenvalue weighted by atomic mass is 35.5. The fourth-order valence-corrected chi connectivity index (χ4v) is 3.32. The number of benzene rings is 2. The number of aromatic hydroxyl groups is 1. The van der Waals surface area contributed by atoms with Gasteiger partial charge in [-0.05, 0) is 61.9 Å². The average molecular weight is 415 g/mol. The molecule has 0 saturated carbocycles. The van der Waals surface area contributed by atoms with Gasteiger partial charge in [-0.3, -0.25) is 19.0 Å². The number of aliphatic carboxylic acids is 1. The summed E-state index contributed by atoms with van der Waals surface area (Å²) in [5.74, 6) is -1.95. The van der Waals surface area contributed by atoms with Gasteiger partial charge in [-0.15, -0.1) is 0 Å². The third-order valence-electron chi connectivity index (χ3n) is 4.70. The maximum Gasteiger partial charge on any atom is 0.325 e. The monoisotopic (exact) mass is 414 g/mol. The number of phenols is 1. The molecule has 2 aromatic carbocycles. The van der Waals surface area contributed by atoms with Crippen LogP contribution in [0.1, 0.15) is 28.5 Å². The zero-order chi connectivity index (χ0) is 21.3. The highest BCUT2D eigenvalue weighted by molar-refractivity contribution is 6.30. The second-order valence-electron chi connectivity index (χ2n) is 6.72. The number of nitrogens with zero attached hydrogens (tertiary/aromatic N) is 1. The molecule has 1 aromatic heterocycles. The fraction of sp³-hybridized carbons (Fsp3) is 0.190. The van der Waals surface area contributed by atoms with Gasteiger partial charge < -0.3 is 15.5 Å². The van der Waals surface area contributed by atoms with Gasteiger partial charge in [-0.2, -0.15) is 0 Å². The number of amides is 1. The molecule has 3 aromatic rings. The fourth-order valence-electron chi connectivity index (χ4n) is 3.19. The number of phenolic OH excluding ortho intramolecular Hbond substituents is 1. The predicted molar refractivity (Wildman–Crippen MR) is 108 cm³/mol. The minimum Gasteiger partial charge on any atom is -0.508 e. The van der Waals surface area contributed by atoms with Gasteiger partial charge in [0.25, 0.3) is 5.91 Å². The molecule has 0 aliphatic rings. The quantitative estimate of drug-likeness (QED) is 0.594. The molecular weight excluding hydrogens is 396 g/mol. The van der Waals surface area contributed by atoms with Gasteiger partial charge in [-0.25, -0.2) is 0 Å². The van der Waals surface area contributed by atoms with Crippen molar-refractivity contribution in [2.75, 3.05) is 0 Å². The molecule has 0 saturated heterocycles. The second-order valence-corrected chi connectivity index (χ2v) is 7.15. The van der Waals surface area contributed by atoms with Crippen LogP contribution in [-0.2, 0) is 16.0 Å². The maximum atomic E-state index is 13.1. The third-order valence-corrected chi connectivity index (χ3v) is 4.95. The number of rotatable bonds is 5. The van der Waals surface area contributed by atoms with Crippen LogP contribution in [0.3, 0.4) is 0 Å². The minimum absolute atomic E-state index is 0.00541. The first-order valence-electron chi connectivity index (χ1n) is 8.84. The molecule has 150 valence electrons. The molecule has 0 aliphatic carbocycles. The van der Waals surface area contributed by atoms with Crippen molar-refractivity contribution in [3.8, 4) is 5.75 Å². The molecule has 1 unspecified atom stereocenters. The number of fused-ring (bicyclic) bond motifs is 1. The molecule has 0 bridgehead atoms. The summed E-state index contributed by atoms with van der Waals surface area (Å²) >= 11 is 5.90. The Bertz CT molecular complexity index is 1120. The van der Waals surface area contributed by atoms with Gasteiger partial charge in [0, 0.05) is 21.7 Å². The van der Waals surface area contributed by atoms with Crippen LogP contribution in [0.2, 0.25) is 5.02 Å². The number of aromatic nitrogens is 1. The maximum absolute atomic E-state index is 13.1. The van der Waals surface area contributed by atoms with Crippen LogP contribution in [0.15, 0.2) is 42.5 Å². The van der Waals surface area contributed by atoms with Gasteiger partial charge >= 0.3 is 5.97 Å². The van der Waals surface area contributed by atoms with Crippen LogP contribution < -0.4 is 5.32 Å². The number of carbonyl (C=O) groups is 3. The standard InChI is InChI=1S/C21H19ClN2O5/c1-11(21(28)29)23-19(26)10-16-12(2)24(18-8-7-15(25)9-17(16)18)20(27)13-3-5-14(22)6-4-13/h3-9,11,25H,10H2,1-2H3,(H,23,26)(H,28,29). The van der Waals surface area contributed by atoms with Crippen LogP contribution in [0.5, 0.6) is 5.75 Å². The lowest BCUT2D eigenvalue weighted by Gasteiger charge is -2.10. The van der Waals surface area contributed by atoms with Crippen molar-refractivity contribution < 1.29 is 24.6 Å². The van der Waals surface area contributed by atoms with E-state index in [-0.39, 0.29) is 18.1 Å². The van der Waals surface area contributed by atoms with Crippen LogP contribution in [0, 0.1) is 6.92 Å². The Morgan fingerprint density at radius 2 is 1.79 bits per heavy atom. The Balaban J connectivity index is 2.07. The smallest absolute Gasteiger partial charge is 0.325 e. The largest absolute Gasteiger partial charge is 0.508 e. The lowest BCUT2D eigenvalue weighted by molar-refractivity contribution is -0.141. The van der Waals surface area contributed by atoms with Crippen molar-refractivity contribution in [1.82, 2.24) is 9.88 Å². The van der Waals surface area contributed by atoms with E-state index in [0.29, 0.717) is 32.7 Å². The van der Waals surface area contributed by atoms with Gasteiger partial charge in [0.1, 0.15) is 11.8 Å². The van der Waals surface area contributed by atoms with Crippen LogP contribution in [0.25, 0.3) is 10.9 Å². The summed E-state index contributed by atoms with van der Waals surface area (Å²) < 4.78 is 1.47. The molecule has 0 aliphatic heterocycles. The molecule has 0 fully saturated rings. The highest BCUT2D eigenvalue weighted by Crippen LogP contribution is 2.30. The van der Waals surface area contributed by atoms with E-state index in [1.54, 1.807) is 37.3 Å². The third kappa shape index (κ3) is 4.09. The van der Waals surface area contributed by atoms with E-state index < -0.39 is 17.9 Å². The van der Waals surface area contributed by atoms with Crippen LogP contribution in [0.4, 0.5) is 0 Å². The van der Waals surface area contributed by atoms with Gasteiger partial charge in [0.05, 0.1) is 11.9 Å².